The van der Waals surface area contributed by atoms with Crippen molar-refractivity contribution < 1.29 is 14.3 Å². The van der Waals surface area contributed by atoms with Crippen LogP contribution in [-0.4, -0.2) is 37.3 Å². The molecule has 110 valence electrons. The molecule has 0 saturated carbocycles. The molecule has 1 aliphatic rings. The normalized spacial score (nSPS) is 14.6. The minimum Gasteiger partial charge on any atom is -0.370 e. The highest BCUT2D eigenvalue weighted by atomic mass is 35.5. The lowest BCUT2D eigenvalue weighted by atomic mass is 10.2. The molecule has 1 unspecified atom stereocenters. The summed E-state index contributed by atoms with van der Waals surface area (Å²) < 4.78 is 4.95. The minimum absolute atomic E-state index is 0. The maximum Gasteiger partial charge on any atom is 0.254 e. The Morgan fingerprint density at radius 1 is 1.60 bits per heavy atom. The predicted molar refractivity (Wildman–Crippen MR) is 81.5 cm³/mol. The lowest BCUT2D eigenvalue weighted by Gasteiger charge is -2.18. The van der Waals surface area contributed by atoms with Gasteiger partial charge in [0.15, 0.2) is 0 Å². The highest BCUT2D eigenvalue weighted by molar-refractivity contribution is 8.00. The van der Waals surface area contributed by atoms with E-state index in [1.54, 1.807) is 12.1 Å². The molecule has 0 saturated heterocycles. The van der Waals surface area contributed by atoms with Gasteiger partial charge < -0.3 is 21.1 Å². The zero-order chi connectivity index (χ0) is 13.8. The third-order valence-corrected chi connectivity index (χ3v) is 3.74. The van der Waals surface area contributed by atoms with Crippen LogP contribution in [0.3, 0.4) is 0 Å². The molecule has 0 bridgehead atoms. The third kappa shape index (κ3) is 3.86. The summed E-state index contributed by atoms with van der Waals surface area (Å²) >= 11 is 1.47. The van der Waals surface area contributed by atoms with Crippen molar-refractivity contribution in [2.45, 2.75) is 11.0 Å². The molecule has 1 heterocycles. The van der Waals surface area contributed by atoms with Crippen molar-refractivity contribution in [3.05, 3.63) is 18.2 Å². The van der Waals surface area contributed by atoms with Crippen molar-refractivity contribution >= 4 is 47.4 Å². The number of fused-ring (bicyclic) bond motifs is 1. The summed E-state index contributed by atoms with van der Waals surface area (Å²) in [5, 5.41) is 5.47. The first-order valence-electron chi connectivity index (χ1n) is 5.74. The summed E-state index contributed by atoms with van der Waals surface area (Å²) in [5.74, 6) is 0.0647. The molecule has 1 atom stereocenters. The highest BCUT2D eigenvalue weighted by Gasteiger charge is 2.18. The number of benzene rings is 1. The van der Waals surface area contributed by atoms with Crippen LogP contribution >= 0.6 is 24.2 Å². The highest BCUT2D eigenvalue weighted by Crippen LogP contribution is 2.33. The zero-order valence-electron chi connectivity index (χ0n) is 10.8. The molecule has 0 aromatic heterocycles. The van der Waals surface area contributed by atoms with E-state index in [9.17, 15) is 9.59 Å². The van der Waals surface area contributed by atoms with Gasteiger partial charge in [-0.2, -0.15) is 0 Å². The number of amides is 2. The second-order valence-electron chi connectivity index (χ2n) is 4.00. The van der Waals surface area contributed by atoms with Crippen LogP contribution in [0.5, 0.6) is 0 Å². The van der Waals surface area contributed by atoms with Crippen molar-refractivity contribution in [2.24, 2.45) is 5.73 Å². The van der Waals surface area contributed by atoms with E-state index in [-0.39, 0.29) is 30.8 Å². The molecule has 6 nitrogen and oxygen atoms in total. The summed E-state index contributed by atoms with van der Waals surface area (Å²) in [7, 11) is 1.43. The fourth-order valence-electron chi connectivity index (χ4n) is 1.69. The van der Waals surface area contributed by atoms with Crippen LogP contribution in [0, 0.1) is 0 Å². The Morgan fingerprint density at radius 2 is 2.35 bits per heavy atom. The maximum absolute atomic E-state index is 11.8. The topological polar surface area (TPSA) is 93.4 Å². The van der Waals surface area contributed by atoms with Gasteiger partial charge in [0, 0.05) is 24.2 Å². The first kappa shape index (κ1) is 16.8. The van der Waals surface area contributed by atoms with Crippen LogP contribution < -0.4 is 16.4 Å². The number of nitrogens with two attached hydrogens (primary N) is 1. The smallest absolute Gasteiger partial charge is 0.254 e. The van der Waals surface area contributed by atoms with E-state index < -0.39 is 6.10 Å². The van der Waals surface area contributed by atoms with Gasteiger partial charge in [-0.1, -0.05) is 0 Å². The molecule has 20 heavy (non-hydrogen) atoms. The molecule has 0 aliphatic carbocycles. The second-order valence-corrected chi connectivity index (χ2v) is 5.01. The van der Waals surface area contributed by atoms with Gasteiger partial charge in [-0.25, -0.2) is 0 Å². The summed E-state index contributed by atoms with van der Waals surface area (Å²) in [5.41, 5.74) is 6.73. The summed E-state index contributed by atoms with van der Waals surface area (Å²) in [6.07, 6.45) is -0.681. The van der Waals surface area contributed by atoms with Crippen molar-refractivity contribution in [1.82, 2.24) is 0 Å². The Balaban J connectivity index is 0.00000200. The average Bonchev–Trinajstić information content (AvgIpc) is 2.39. The SMILES string of the molecule is COC(CN)C(=O)Nc1ccc2c(c1)NC(=O)CS2.Cl. The predicted octanol–water partition coefficient (Wildman–Crippen LogP) is 1.06. The maximum atomic E-state index is 11.8. The van der Waals surface area contributed by atoms with Crippen molar-refractivity contribution in [1.29, 1.82) is 0 Å². The van der Waals surface area contributed by atoms with Crippen LogP contribution in [-0.2, 0) is 14.3 Å². The van der Waals surface area contributed by atoms with Gasteiger partial charge in [0.1, 0.15) is 6.10 Å². The Kier molecular flexibility index (Phi) is 6.28. The molecule has 2 amide bonds. The Labute approximate surface area is 127 Å². The fourth-order valence-corrected chi connectivity index (χ4v) is 2.48. The van der Waals surface area contributed by atoms with E-state index in [0.717, 1.165) is 4.90 Å². The van der Waals surface area contributed by atoms with Gasteiger partial charge in [-0.05, 0) is 18.2 Å². The van der Waals surface area contributed by atoms with E-state index in [2.05, 4.69) is 10.6 Å². The lowest BCUT2D eigenvalue weighted by molar-refractivity contribution is -0.125. The largest absolute Gasteiger partial charge is 0.370 e. The van der Waals surface area contributed by atoms with Gasteiger partial charge in [0.25, 0.3) is 5.91 Å². The lowest BCUT2D eigenvalue weighted by Crippen LogP contribution is -2.35. The number of rotatable bonds is 4. The molecule has 1 aliphatic heterocycles. The summed E-state index contributed by atoms with van der Waals surface area (Å²) in [6, 6.07) is 5.37. The van der Waals surface area contributed by atoms with E-state index in [4.69, 9.17) is 10.5 Å². The summed E-state index contributed by atoms with van der Waals surface area (Å²) in [4.78, 5) is 24.1. The van der Waals surface area contributed by atoms with Crippen LogP contribution in [0.1, 0.15) is 0 Å². The van der Waals surface area contributed by atoms with Crippen molar-refractivity contribution in [2.75, 3.05) is 30.0 Å². The Hall–Kier alpha value is -1.28. The fraction of sp³-hybridized carbons (Fsp3) is 0.333. The number of anilines is 2. The number of halogens is 1. The van der Waals surface area contributed by atoms with Gasteiger partial charge in [-0.15, -0.1) is 24.2 Å². The molecular weight excluding hydrogens is 302 g/mol. The van der Waals surface area contributed by atoms with Crippen molar-refractivity contribution in [3.63, 3.8) is 0 Å². The molecule has 2 rings (SSSR count). The molecule has 1 aromatic carbocycles. The van der Waals surface area contributed by atoms with Crippen LogP contribution in [0.4, 0.5) is 11.4 Å². The minimum atomic E-state index is -0.681. The van der Waals surface area contributed by atoms with Crippen molar-refractivity contribution in [3.8, 4) is 0 Å². The number of hydrogen-bond acceptors (Lipinski definition) is 5. The second kappa shape index (κ2) is 7.49. The standard InChI is InChI=1S/C12H15N3O3S.ClH/c1-18-9(5-13)12(17)14-7-2-3-10-8(4-7)15-11(16)6-19-10;/h2-4,9H,5-6,13H2,1H3,(H,14,17)(H,15,16);1H. The molecule has 4 N–H and O–H groups in total. The summed E-state index contributed by atoms with van der Waals surface area (Å²) in [6.45, 7) is 0.111. The number of hydrogen-bond donors (Lipinski definition) is 3. The van der Waals surface area contributed by atoms with Crippen LogP contribution in [0.25, 0.3) is 0 Å². The van der Waals surface area contributed by atoms with Gasteiger partial charge in [0.2, 0.25) is 5.91 Å². The average molecular weight is 318 g/mol. The third-order valence-electron chi connectivity index (χ3n) is 2.67. The van der Waals surface area contributed by atoms with E-state index in [1.165, 1.54) is 18.9 Å². The quantitative estimate of drug-likeness (QED) is 0.772. The molecule has 0 spiro atoms. The molecule has 1 aromatic rings. The van der Waals surface area contributed by atoms with Gasteiger partial charge in [0.05, 0.1) is 11.4 Å². The molecule has 8 heteroatoms. The zero-order valence-corrected chi connectivity index (χ0v) is 12.5. The Morgan fingerprint density at radius 3 is 3.00 bits per heavy atom. The van der Waals surface area contributed by atoms with E-state index in [1.807, 2.05) is 6.07 Å². The van der Waals surface area contributed by atoms with Crippen LogP contribution in [0.2, 0.25) is 0 Å². The first-order chi connectivity index (χ1) is 9.13. The monoisotopic (exact) mass is 317 g/mol. The number of carbonyl (C=O) groups excluding carboxylic acids is 2. The first-order valence-corrected chi connectivity index (χ1v) is 6.73. The number of nitrogens with one attached hydrogen (secondary N) is 2. The molecular formula is C12H16ClN3O3S. The Bertz CT molecular complexity index is 509. The molecule has 0 radical (unpaired) electrons. The van der Waals surface area contributed by atoms with Gasteiger partial charge in [-0.3, -0.25) is 9.59 Å². The number of thioether (sulfide) groups is 1. The number of methoxy groups -OCH3 is 1. The van der Waals surface area contributed by atoms with E-state index >= 15 is 0 Å². The number of carbonyl (C=O) groups is 2. The molecule has 0 fully saturated rings. The van der Waals surface area contributed by atoms with E-state index in [0.29, 0.717) is 17.1 Å². The number of ether oxygens (including phenoxy) is 1. The van der Waals surface area contributed by atoms with Gasteiger partial charge >= 0.3 is 0 Å². The van der Waals surface area contributed by atoms with Crippen LogP contribution in [0.15, 0.2) is 23.1 Å².